The van der Waals surface area contributed by atoms with Gasteiger partial charge in [0.05, 0.1) is 22.8 Å². The maximum Gasteiger partial charge on any atom is 0.337 e. The second-order valence-corrected chi connectivity index (χ2v) is 10.3. The predicted octanol–water partition coefficient (Wildman–Crippen LogP) is 5.04. The third-order valence-electron chi connectivity index (χ3n) is 6.25. The van der Waals surface area contributed by atoms with Crippen LogP contribution in [0.4, 0.5) is 11.4 Å². The lowest BCUT2D eigenvalue weighted by Crippen LogP contribution is -2.35. The minimum Gasteiger partial charge on any atom is -0.494 e. The highest BCUT2D eigenvalue weighted by Gasteiger charge is 2.24. The summed E-state index contributed by atoms with van der Waals surface area (Å²) in [5, 5.41) is 9.85. The van der Waals surface area contributed by atoms with Gasteiger partial charge in [-0.2, -0.15) is 0 Å². The minimum atomic E-state index is -3.87. The second-order valence-electron chi connectivity index (χ2n) is 8.67. The number of sulfonamides is 1. The maximum atomic E-state index is 12.8. The molecule has 0 aliphatic carbocycles. The van der Waals surface area contributed by atoms with E-state index in [1.165, 1.54) is 23.8 Å². The smallest absolute Gasteiger partial charge is 0.337 e. The number of hydrogen-bond acceptors (Lipinski definition) is 5. The molecule has 0 radical (unpaired) electrons. The Morgan fingerprint density at radius 1 is 1.03 bits per heavy atom. The number of rotatable bonds is 9. The molecule has 0 unspecified atom stereocenters. The average molecular weight is 495 g/mol. The van der Waals surface area contributed by atoms with Crippen molar-refractivity contribution in [1.29, 1.82) is 0 Å². The van der Waals surface area contributed by atoms with E-state index in [9.17, 15) is 18.3 Å². The average Bonchev–Trinajstić information content (AvgIpc) is 2.85. The first-order chi connectivity index (χ1) is 16.9. The Bertz CT molecular complexity index is 1250. The molecule has 0 atom stereocenters. The molecule has 4 rings (SSSR count). The predicted molar refractivity (Wildman–Crippen MR) is 137 cm³/mol. The zero-order chi connectivity index (χ0) is 24.8. The molecular weight excluding hydrogens is 464 g/mol. The fourth-order valence-corrected chi connectivity index (χ4v) is 5.52. The summed E-state index contributed by atoms with van der Waals surface area (Å²) in [6, 6.07) is 21.2. The van der Waals surface area contributed by atoms with Gasteiger partial charge in [-0.1, -0.05) is 30.3 Å². The standard InChI is InChI=1S/C27H30N2O5S/c1-2-34-23-9-11-24(12-10-23)35(32,33)28-22-8-13-26(25(19-22)27(30)31)29-16-14-21(15-17-29)18-20-6-4-3-5-7-20/h3-13,19,21,28H,2,14-18H2,1H3,(H,30,31). The summed E-state index contributed by atoms with van der Waals surface area (Å²) in [6.45, 7) is 3.85. The zero-order valence-corrected chi connectivity index (χ0v) is 20.5. The molecular formula is C27H30N2O5S. The lowest BCUT2D eigenvalue weighted by Gasteiger charge is -2.34. The molecule has 3 aromatic carbocycles. The van der Waals surface area contributed by atoms with Gasteiger partial charge in [0.1, 0.15) is 5.75 Å². The van der Waals surface area contributed by atoms with Gasteiger partial charge in [-0.25, -0.2) is 13.2 Å². The van der Waals surface area contributed by atoms with Gasteiger partial charge in [0.25, 0.3) is 10.0 Å². The third-order valence-corrected chi connectivity index (χ3v) is 7.64. The zero-order valence-electron chi connectivity index (χ0n) is 19.7. The first-order valence-corrected chi connectivity index (χ1v) is 13.3. The molecule has 7 nitrogen and oxygen atoms in total. The molecule has 2 N–H and O–H groups in total. The van der Waals surface area contributed by atoms with Crippen LogP contribution in [0.15, 0.2) is 77.7 Å². The monoisotopic (exact) mass is 494 g/mol. The fraction of sp³-hybridized carbons (Fsp3) is 0.296. The Morgan fingerprint density at radius 2 is 1.71 bits per heavy atom. The Morgan fingerprint density at radius 3 is 2.34 bits per heavy atom. The molecule has 0 saturated carbocycles. The Kier molecular flexibility index (Phi) is 7.60. The molecule has 1 aliphatic rings. The van der Waals surface area contributed by atoms with Gasteiger partial charge in [-0.05, 0) is 80.1 Å². The van der Waals surface area contributed by atoms with Crippen LogP contribution in [0.25, 0.3) is 0 Å². The van der Waals surface area contributed by atoms with Crippen LogP contribution >= 0.6 is 0 Å². The van der Waals surface area contributed by atoms with Crippen molar-refractivity contribution in [1.82, 2.24) is 0 Å². The number of benzene rings is 3. The van der Waals surface area contributed by atoms with Crippen molar-refractivity contribution < 1.29 is 23.1 Å². The van der Waals surface area contributed by atoms with Gasteiger partial charge in [-0.3, -0.25) is 4.72 Å². The van der Waals surface area contributed by atoms with E-state index in [1.54, 1.807) is 24.3 Å². The summed E-state index contributed by atoms with van der Waals surface area (Å²) in [7, 11) is -3.87. The van der Waals surface area contributed by atoms with Crippen LogP contribution in [0.2, 0.25) is 0 Å². The second kappa shape index (κ2) is 10.8. The minimum absolute atomic E-state index is 0.0717. The van der Waals surface area contributed by atoms with Gasteiger partial charge < -0.3 is 14.7 Å². The molecule has 184 valence electrons. The van der Waals surface area contributed by atoms with Crippen molar-refractivity contribution in [3.05, 3.63) is 83.9 Å². The molecule has 35 heavy (non-hydrogen) atoms. The third kappa shape index (κ3) is 6.14. The Balaban J connectivity index is 1.46. The Hall–Kier alpha value is -3.52. The lowest BCUT2D eigenvalue weighted by atomic mass is 9.90. The van der Waals surface area contributed by atoms with Crippen LogP contribution in [0.1, 0.15) is 35.7 Å². The molecule has 0 aromatic heterocycles. The highest BCUT2D eigenvalue weighted by molar-refractivity contribution is 7.92. The van der Waals surface area contributed by atoms with Gasteiger partial charge in [0.2, 0.25) is 0 Å². The highest BCUT2D eigenvalue weighted by Crippen LogP contribution is 2.31. The van der Waals surface area contributed by atoms with Crippen LogP contribution in [-0.2, 0) is 16.4 Å². The number of aromatic carboxylic acids is 1. The lowest BCUT2D eigenvalue weighted by molar-refractivity contribution is 0.0697. The molecule has 0 amide bonds. The van der Waals surface area contributed by atoms with E-state index in [0.717, 1.165) is 32.4 Å². The summed E-state index contributed by atoms with van der Waals surface area (Å²) >= 11 is 0. The van der Waals surface area contributed by atoms with Crippen molar-refractivity contribution in [2.45, 2.75) is 31.1 Å². The number of carboxylic acids is 1. The van der Waals surface area contributed by atoms with Gasteiger partial charge in [0, 0.05) is 18.8 Å². The molecule has 0 spiro atoms. The van der Waals surface area contributed by atoms with E-state index in [0.29, 0.717) is 24.0 Å². The SMILES string of the molecule is CCOc1ccc(S(=O)(=O)Nc2ccc(N3CCC(Cc4ccccc4)CC3)c(C(=O)O)c2)cc1. The Labute approximate surface area is 206 Å². The largest absolute Gasteiger partial charge is 0.494 e. The van der Waals surface area contributed by atoms with Crippen LogP contribution in [0.5, 0.6) is 5.75 Å². The maximum absolute atomic E-state index is 12.8. The number of hydrogen-bond donors (Lipinski definition) is 2. The van der Waals surface area contributed by atoms with E-state index in [2.05, 4.69) is 33.9 Å². The quantitative estimate of drug-likeness (QED) is 0.433. The number of carboxylic acid groups (broad SMARTS) is 1. The highest BCUT2D eigenvalue weighted by atomic mass is 32.2. The summed E-state index contributed by atoms with van der Waals surface area (Å²) in [6.07, 6.45) is 2.97. The molecule has 3 aromatic rings. The first kappa shape index (κ1) is 24.6. The summed E-state index contributed by atoms with van der Waals surface area (Å²) in [4.78, 5) is 14.2. The van der Waals surface area contributed by atoms with E-state index in [1.807, 2.05) is 13.0 Å². The van der Waals surface area contributed by atoms with Crippen molar-refractivity contribution in [3.8, 4) is 5.75 Å². The first-order valence-electron chi connectivity index (χ1n) is 11.8. The summed E-state index contributed by atoms with van der Waals surface area (Å²) in [5.74, 6) is 0.0483. The van der Waals surface area contributed by atoms with Gasteiger partial charge in [0.15, 0.2) is 0 Å². The summed E-state index contributed by atoms with van der Waals surface area (Å²) < 4.78 is 33.5. The molecule has 1 aliphatic heterocycles. The van der Waals surface area contributed by atoms with Crippen LogP contribution in [0, 0.1) is 5.92 Å². The van der Waals surface area contributed by atoms with Crippen LogP contribution in [0.3, 0.4) is 0 Å². The van der Waals surface area contributed by atoms with Crippen LogP contribution in [-0.4, -0.2) is 39.2 Å². The molecule has 1 heterocycles. The van der Waals surface area contributed by atoms with E-state index in [4.69, 9.17) is 4.74 Å². The van der Waals surface area contributed by atoms with Crippen molar-refractivity contribution >= 4 is 27.4 Å². The number of nitrogens with zero attached hydrogens (tertiary/aromatic N) is 1. The molecule has 1 saturated heterocycles. The number of carbonyl (C=O) groups is 1. The molecule has 8 heteroatoms. The molecule has 0 bridgehead atoms. The fourth-order valence-electron chi connectivity index (χ4n) is 4.47. The van der Waals surface area contributed by atoms with E-state index in [-0.39, 0.29) is 16.1 Å². The number of piperidine rings is 1. The summed E-state index contributed by atoms with van der Waals surface area (Å²) in [5.41, 5.74) is 2.22. The molecule has 1 fully saturated rings. The number of anilines is 2. The van der Waals surface area contributed by atoms with Gasteiger partial charge >= 0.3 is 5.97 Å². The van der Waals surface area contributed by atoms with Crippen molar-refractivity contribution in [2.24, 2.45) is 5.92 Å². The number of nitrogens with one attached hydrogen (secondary N) is 1. The van der Waals surface area contributed by atoms with Crippen molar-refractivity contribution in [2.75, 3.05) is 29.3 Å². The van der Waals surface area contributed by atoms with E-state index >= 15 is 0 Å². The topological polar surface area (TPSA) is 95.9 Å². The van der Waals surface area contributed by atoms with Crippen LogP contribution < -0.4 is 14.4 Å². The van der Waals surface area contributed by atoms with Crippen molar-refractivity contribution in [3.63, 3.8) is 0 Å². The normalized spacial score (nSPS) is 14.5. The van der Waals surface area contributed by atoms with Gasteiger partial charge in [-0.15, -0.1) is 0 Å². The number of ether oxygens (including phenoxy) is 1. The van der Waals surface area contributed by atoms with E-state index < -0.39 is 16.0 Å².